The number of aryl methyl sites for hydroxylation is 2. The highest BCUT2D eigenvalue weighted by molar-refractivity contribution is 7.89. The number of hydrogen-bond acceptors (Lipinski definition) is 4. The largest absolute Gasteiger partial charge is 0.398 e. The van der Waals surface area contributed by atoms with Gasteiger partial charge in [-0.05, 0) is 57.6 Å². The van der Waals surface area contributed by atoms with Gasteiger partial charge in [0.15, 0.2) is 0 Å². The number of nitrogen functional groups attached to an aromatic ring is 1. The maximum atomic E-state index is 12.8. The number of rotatable bonds is 7. The molecule has 0 spiro atoms. The van der Waals surface area contributed by atoms with E-state index in [9.17, 15) is 8.42 Å². The predicted octanol–water partition coefficient (Wildman–Crippen LogP) is 1.85. The van der Waals surface area contributed by atoms with E-state index >= 15 is 0 Å². The topological polar surface area (TPSA) is 66.6 Å². The SMILES string of the molecule is CCCN(CCN(C)C)S(=O)(=O)c1cc(C)c(C)cc1N. The number of nitrogens with zero attached hydrogens (tertiary/aromatic N) is 2. The van der Waals surface area contributed by atoms with Gasteiger partial charge in [-0.15, -0.1) is 0 Å². The van der Waals surface area contributed by atoms with Gasteiger partial charge < -0.3 is 10.6 Å². The van der Waals surface area contributed by atoms with E-state index in [-0.39, 0.29) is 4.90 Å². The number of hydrogen-bond donors (Lipinski definition) is 1. The lowest BCUT2D eigenvalue weighted by molar-refractivity contribution is 0.333. The van der Waals surface area contributed by atoms with Gasteiger partial charge in [0.2, 0.25) is 10.0 Å². The second kappa shape index (κ2) is 7.24. The molecule has 0 unspecified atom stereocenters. The molecule has 21 heavy (non-hydrogen) atoms. The first-order chi connectivity index (χ1) is 9.70. The second-order valence-electron chi connectivity index (χ2n) is 5.68. The molecule has 0 amide bonds. The Labute approximate surface area is 128 Å². The summed E-state index contributed by atoms with van der Waals surface area (Å²) in [5.41, 5.74) is 8.21. The molecule has 0 aliphatic rings. The fourth-order valence-electron chi connectivity index (χ4n) is 2.09. The van der Waals surface area contributed by atoms with Crippen molar-refractivity contribution in [2.75, 3.05) is 39.5 Å². The first kappa shape index (κ1) is 17.9. The third-order valence-electron chi connectivity index (χ3n) is 3.51. The van der Waals surface area contributed by atoms with Crippen LogP contribution in [0.1, 0.15) is 24.5 Å². The number of likely N-dealkylation sites (N-methyl/N-ethyl adjacent to an activating group) is 1. The molecule has 0 atom stereocenters. The van der Waals surface area contributed by atoms with Crippen LogP contribution in [0.4, 0.5) is 5.69 Å². The zero-order valence-electron chi connectivity index (χ0n) is 13.7. The highest BCUT2D eigenvalue weighted by Gasteiger charge is 2.26. The minimum Gasteiger partial charge on any atom is -0.398 e. The molecule has 0 aliphatic heterocycles. The van der Waals surface area contributed by atoms with E-state index in [1.54, 1.807) is 12.1 Å². The Balaban J connectivity index is 3.19. The Morgan fingerprint density at radius 3 is 2.14 bits per heavy atom. The molecule has 0 aromatic heterocycles. The van der Waals surface area contributed by atoms with Gasteiger partial charge >= 0.3 is 0 Å². The molecule has 120 valence electrons. The molecule has 0 heterocycles. The molecule has 0 bridgehead atoms. The van der Waals surface area contributed by atoms with Crippen LogP contribution in [0.2, 0.25) is 0 Å². The first-order valence-corrected chi connectivity index (χ1v) is 8.65. The Morgan fingerprint density at radius 1 is 1.05 bits per heavy atom. The maximum Gasteiger partial charge on any atom is 0.245 e. The molecular weight excluding hydrogens is 286 g/mol. The summed E-state index contributed by atoms with van der Waals surface area (Å²) in [5.74, 6) is 0. The van der Waals surface area contributed by atoms with Crippen molar-refractivity contribution in [3.63, 3.8) is 0 Å². The standard InChI is InChI=1S/C15H27N3O2S/c1-6-7-18(9-8-17(4)5)21(19,20)15-11-13(3)12(2)10-14(15)16/h10-11H,6-9,16H2,1-5H3. The van der Waals surface area contributed by atoms with E-state index in [4.69, 9.17) is 5.73 Å². The van der Waals surface area contributed by atoms with Crippen molar-refractivity contribution in [3.05, 3.63) is 23.3 Å². The highest BCUT2D eigenvalue weighted by Crippen LogP contribution is 2.25. The fourth-order valence-corrected chi connectivity index (χ4v) is 3.79. The van der Waals surface area contributed by atoms with Gasteiger partial charge in [0.1, 0.15) is 4.90 Å². The van der Waals surface area contributed by atoms with Crippen LogP contribution in [0.5, 0.6) is 0 Å². The van der Waals surface area contributed by atoms with Crippen LogP contribution in [0.25, 0.3) is 0 Å². The van der Waals surface area contributed by atoms with Crippen molar-refractivity contribution in [1.29, 1.82) is 0 Å². The monoisotopic (exact) mass is 313 g/mol. The van der Waals surface area contributed by atoms with Crippen LogP contribution in [0, 0.1) is 13.8 Å². The van der Waals surface area contributed by atoms with E-state index in [0.29, 0.717) is 25.3 Å². The van der Waals surface area contributed by atoms with E-state index in [1.807, 2.05) is 39.8 Å². The summed E-state index contributed by atoms with van der Waals surface area (Å²) < 4.78 is 27.2. The summed E-state index contributed by atoms with van der Waals surface area (Å²) in [7, 11) is 0.316. The number of anilines is 1. The van der Waals surface area contributed by atoms with Gasteiger partial charge in [0.05, 0.1) is 5.69 Å². The quantitative estimate of drug-likeness (QED) is 0.780. The molecule has 0 saturated heterocycles. The molecular formula is C15H27N3O2S. The van der Waals surface area contributed by atoms with E-state index in [0.717, 1.165) is 17.5 Å². The van der Waals surface area contributed by atoms with Crippen LogP contribution in [0.3, 0.4) is 0 Å². The second-order valence-corrected chi connectivity index (χ2v) is 7.59. The summed E-state index contributed by atoms with van der Waals surface area (Å²) in [6.07, 6.45) is 0.775. The zero-order chi connectivity index (χ0) is 16.2. The Bertz CT molecular complexity index is 583. The molecule has 0 saturated carbocycles. The van der Waals surface area contributed by atoms with Gasteiger partial charge in [0, 0.05) is 19.6 Å². The molecule has 0 fully saturated rings. The third-order valence-corrected chi connectivity index (χ3v) is 5.47. The van der Waals surface area contributed by atoms with Crippen molar-refractivity contribution in [3.8, 4) is 0 Å². The molecule has 5 nitrogen and oxygen atoms in total. The third kappa shape index (κ3) is 4.43. The Morgan fingerprint density at radius 2 is 1.62 bits per heavy atom. The summed E-state index contributed by atoms with van der Waals surface area (Å²) in [6, 6.07) is 3.41. The molecule has 1 aromatic carbocycles. The van der Waals surface area contributed by atoms with Crippen molar-refractivity contribution in [2.24, 2.45) is 0 Å². The van der Waals surface area contributed by atoms with Gasteiger partial charge in [-0.1, -0.05) is 6.92 Å². The average Bonchev–Trinajstić information content (AvgIpc) is 2.38. The molecule has 0 aliphatic carbocycles. The maximum absolute atomic E-state index is 12.8. The normalized spacial score (nSPS) is 12.3. The van der Waals surface area contributed by atoms with Gasteiger partial charge in [-0.2, -0.15) is 4.31 Å². The van der Waals surface area contributed by atoms with Gasteiger partial charge in [-0.3, -0.25) is 0 Å². The van der Waals surface area contributed by atoms with Crippen molar-refractivity contribution >= 4 is 15.7 Å². The van der Waals surface area contributed by atoms with Gasteiger partial charge in [-0.25, -0.2) is 8.42 Å². The van der Waals surface area contributed by atoms with E-state index in [2.05, 4.69) is 0 Å². The Kier molecular flexibility index (Phi) is 6.19. The molecule has 2 N–H and O–H groups in total. The van der Waals surface area contributed by atoms with Crippen molar-refractivity contribution in [2.45, 2.75) is 32.1 Å². The zero-order valence-corrected chi connectivity index (χ0v) is 14.5. The van der Waals surface area contributed by atoms with Crippen LogP contribution in [-0.2, 0) is 10.0 Å². The van der Waals surface area contributed by atoms with Gasteiger partial charge in [0.25, 0.3) is 0 Å². The summed E-state index contributed by atoms with van der Waals surface area (Å²) in [4.78, 5) is 2.19. The molecule has 1 aromatic rings. The lowest BCUT2D eigenvalue weighted by Crippen LogP contribution is -2.37. The molecule has 1 rings (SSSR count). The van der Waals surface area contributed by atoms with Crippen LogP contribution in [0.15, 0.2) is 17.0 Å². The average molecular weight is 313 g/mol. The molecule has 6 heteroatoms. The molecule has 0 radical (unpaired) electrons. The van der Waals surface area contributed by atoms with Crippen LogP contribution >= 0.6 is 0 Å². The fraction of sp³-hybridized carbons (Fsp3) is 0.600. The summed E-state index contributed by atoms with van der Waals surface area (Å²) >= 11 is 0. The minimum absolute atomic E-state index is 0.220. The van der Waals surface area contributed by atoms with E-state index < -0.39 is 10.0 Å². The van der Waals surface area contributed by atoms with Crippen LogP contribution in [-0.4, -0.2) is 51.4 Å². The number of sulfonamides is 1. The summed E-state index contributed by atoms with van der Waals surface area (Å²) in [6.45, 7) is 7.46. The highest BCUT2D eigenvalue weighted by atomic mass is 32.2. The lowest BCUT2D eigenvalue weighted by atomic mass is 10.1. The number of benzene rings is 1. The lowest BCUT2D eigenvalue weighted by Gasteiger charge is -2.24. The van der Waals surface area contributed by atoms with Crippen molar-refractivity contribution in [1.82, 2.24) is 9.21 Å². The first-order valence-electron chi connectivity index (χ1n) is 7.21. The van der Waals surface area contributed by atoms with E-state index in [1.165, 1.54) is 4.31 Å². The van der Waals surface area contributed by atoms with Crippen LogP contribution < -0.4 is 5.73 Å². The summed E-state index contributed by atoms with van der Waals surface area (Å²) in [5, 5.41) is 0. The Hall–Kier alpha value is -1.11. The van der Waals surface area contributed by atoms with Crippen molar-refractivity contribution < 1.29 is 8.42 Å². The minimum atomic E-state index is -3.55. The number of nitrogens with two attached hydrogens (primary N) is 1. The smallest absolute Gasteiger partial charge is 0.245 e. The predicted molar refractivity (Wildman–Crippen MR) is 87.9 cm³/mol.